The van der Waals surface area contributed by atoms with Crippen LogP contribution in [0, 0.1) is 5.92 Å². The second-order valence-corrected chi connectivity index (χ2v) is 6.57. The minimum atomic E-state index is -0.519. The molecule has 2 amide bonds. The molecule has 126 valence electrons. The first-order valence-corrected chi connectivity index (χ1v) is 8.49. The summed E-state index contributed by atoms with van der Waals surface area (Å²) >= 11 is 0. The number of carbonyl (C=O) groups excluding carboxylic acids is 1. The number of unbranched alkanes of at least 4 members (excludes halogenated alkanes) is 1. The lowest BCUT2D eigenvalue weighted by Gasteiger charge is -2.40. The molecule has 2 rings (SSSR count). The van der Waals surface area contributed by atoms with Crippen LogP contribution in [0.25, 0.3) is 0 Å². The molecule has 0 bridgehead atoms. The van der Waals surface area contributed by atoms with Crippen LogP contribution in [0.5, 0.6) is 0 Å². The van der Waals surface area contributed by atoms with Crippen LogP contribution in [0.4, 0.5) is 4.79 Å². The van der Waals surface area contributed by atoms with Crippen LogP contribution in [0.3, 0.4) is 0 Å². The molecule has 1 N–H and O–H groups in total. The highest BCUT2D eigenvalue weighted by molar-refractivity contribution is 5.74. The smallest absolute Gasteiger partial charge is 0.317 e. The highest BCUT2D eigenvalue weighted by Crippen LogP contribution is 2.34. The van der Waals surface area contributed by atoms with Crippen LogP contribution in [0.15, 0.2) is 12.7 Å². The molecule has 0 aromatic rings. The van der Waals surface area contributed by atoms with Crippen molar-refractivity contribution in [3.63, 3.8) is 0 Å². The third-order valence-electron chi connectivity index (χ3n) is 4.73. The normalized spacial score (nSPS) is 25.7. The van der Waals surface area contributed by atoms with Crippen molar-refractivity contribution < 1.29 is 14.3 Å². The van der Waals surface area contributed by atoms with Gasteiger partial charge in [0.1, 0.15) is 0 Å². The predicted molar refractivity (Wildman–Crippen MR) is 86.6 cm³/mol. The number of carbonyl (C=O) groups is 1. The van der Waals surface area contributed by atoms with Gasteiger partial charge in [0, 0.05) is 25.0 Å². The zero-order valence-corrected chi connectivity index (χ0v) is 14.0. The van der Waals surface area contributed by atoms with E-state index in [9.17, 15) is 4.79 Å². The van der Waals surface area contributed by atoms with Gasteiger partial charge in [-0.15, -0.1) is 6.58 Å². The molecule has 0 radical (unpaired) electrons. The van der Waals surface area contributed by atoms with Gasteiger partial charge >= 0.3 is 6.03 Å². The Hall–Kier alpha value is -1.07. The van der Waals surface area contributed by atoms with E-state index in [1.807, 2.05) is 17.9 Å². The quantitative estimate of drug-likeness (QED) is 0.606. The van der Waals surface area contributed by atoms with Crippen molar-refractivity contribution >= 4 is 6.03 Å². The van der Waals surface area contributed by atoms with Gasteiger partial charge in [0.25, 0.3) is 0 Å². The molecule has 22 heavy (non-hydrogen) atoms. The second kappa shape index (κ2) is 7.97. The van der Waals surface area contributed by atoms with E-state index in [2.05, 4.69) is 18.8 Å². The maximum absolute atomic E-state index is 12.4. The van der Waals surface area contributed by atoms with Gasteiger partial charge in [-0.1, -0.05) is 6.08 Å². The third kappa shape index (κ3) is 4.46. The molecule has 0 spiro atoms. The summed E-state index contributed by atoms with van der Waals surface area (Å²) in [5.74, 6) is -0.264. The van der Waals surface area contributed by atoms with Crippen LogP contribution in [0.1, 0.15) is 46.0 Å². The van der Waals surface area contributed by atoms with Crippen molar-refractivity contribution in [1.82, 2.24) is 10.2 Å². The van der Waals surface area contributed by atoms with Crippen molar-refractivity contribution in [3.05, 3.63) is 12.7 Å². The van der Waals surface area contributed by atoms with Crippen LogP contribution in [-0.4, -0.2) is 49.1 Å². The molecule has 0 aromatic heterocycles. The SMILES string of the molecule is C=CCCC[C@H](C)NC(=O)N1CCC[C@H](C2(C)OCCO2)C1. The molecule has 0 unspecified atom stereocenters. The number of hydrogen-bond acceptors (Lipinski definition) is 3. The van der Waals surface area contributed by atoms with E-state index in [0.717, 1.165) is 38.6 Å². The molecule has 5 nitrogen and oxygen atoms in total. The Balaban J connectivity index is 1.81. The van der Waals surface area contributed by atoms with Gasteiger partial charge in [0.05, 0.1) is 13.2 Å². The first kappa shape index (κ1) is 17.3. The second-order valence-electron chi connectivity index (χ2n) is 6.57. The van der Waals surface area contributed by atoms with E-state index in [1.54, 1.807) is 0 Å². The lowest BCUT2D eigenvalue weighted by atomic mass is 9.90. The maximum atomic E-state index is 12.4. The molecule has 5 heteroatoms. The van der Waals surface area contributed by atoms with E-state index in [1.165, 1.54) is 0 Å². The zero-order chi connectivity index (χ0) is 16.0. The number of amides is 2. The predicted octanol–water partition coefficient (Wildman–Crippen LogP) is 2.92. The summed E-state index contributed by atoms with van der Waals surface area (Å²) in [6, 6.07) is 0.236. The molecule has 0 aromatic carbocycles. The molecule has 2 aliphatic rings. The molecule has 0 saturated carbocycles. The third-order valence-corrected chi connectivity index (χ3v) is 4.73. The van der Waals surface area contributed by atoms with Crippen molar-refractivity contribution in [2.45, 2.75) is 57.8 Å². The number of nitrogens with one attached hydrogen (secondary N) is 1. The molecular formula is C17H30N2O3. The van der Waals surface area contributed by atoms with Gasteiger partial charge in [0.2, 0.25) is 0 Å². The molecule has 2 fully saturated rings. The Morgan fingerprint density at radius 3 is 2.91 bits per heavy atom. The topological polar surface area (TPSA) is 50.8 Å². The van der Waals surface area contributed by atoms with Crippen LogP contribution >= 0.6 is 0 Å². The lowest BCUT2D eigenvalue weighted by Crippen LogP contribution is -2.52. The van der Waals surface area contributed by atoms with Gasteiger partial charge in [0.15, 0.2) is 5.79 Å². The van der Waals surface area contributed by atoms with Gasteiger partial charge in [-0.25, -0.2) is 4.79 Å². The van der Waals surface area contributed by atoms with E-state index in [4.69, 9.17) is 9.47 Å². The Morgan fingerprint density at radius 1 is 1.50 bits per heavy atom. The van der Waals surface area contributed by atoms with E-state index < -0.39 is 5.79 Å². The van der Waals surface area contributed by atoms with Crippen LogP contribution in [-0.2, 0) is 9.47 Å². The number of likely N-dealkylation sites (tertiary alicyclic amines) is 1. The minimum absolute atomic E-state index is 0.0393. The number of ether oxygens (including phenoxy) is 2. The molecule has 0 aliphatic carbocycles. The van der Waals surface area contributed by atoms with Crippen molar-refractivity contribution in [2.24, 2.45) is 5.92 Å². The highest BCUT2D eigenvalue weighted by atomic mass is 16.7. The summed E-state index contributed by atoms with van der Waals surface area (Å²) in [6.45, 7) is 10.6. The first-order valence-electron chi connectivity index (χ1n) is 8.49. The number of urea groups is 1. The molecular weight excluding hydrogens is 280 g/mol. The van der Waals surface area contributed by atoms with Gasteiger partial charge < -0.3 is 19.7 Å². The van der Waals surface area contributed by atoms with Gasteiger partial charge in [-0.2, -0.15) is 0 Å². The van der Waals surface area contributed by atoms with Gasteiger partial charge in [-0.05, 0) is 46.0 Å². The fourth-order valence-corrected chi connectivity index (χ4v) is 3.30. The first-order chi connectivity index (χ1) is 10.5. The van der Waals surface area contributed by atoms with E-state index in [-0.39, 0.29) is 18.0 Å². The lowest BCUT2D eigenvalue weighted by molar-refractivity contribution is -0.189. The largest absolute Gasteiger partial charge is 0.347 e. The summed E-state index contributed by atoms with van der Waals surface area (Å²) in [7, 11) is 0. The Bertz CT molecular complexity index is 380. The van der Waals surface area contributed by atoms with Gasteiger partial charge in [-0.3, -0.25) is 0 Å². The summed E-state index contributed by atoms with van der Waals surface area (Å²) in [6.07, 6.45) is 7.03. The Morgan fingerprint density at radius 2 is 2.23 bits per heavy atom. The highest BCUT2D eigenvalue weighted by Gasteiger charge is 2.42. The number of piperidine rings is 1. The maximum Gasteiger partial charge on any atom is 0.317 e. The Kier molecular flexibility index (Phi) is 6.26. The average Bonchev–Trinajstić information content (AvgIpc) is 2.96. The molecule has 2 heterocycles. The van der Waals surface area contributed by atoms with Crippen LogP contribution in [0.2, 0.25) is 0 Å². The number of allylic oxidation sites excluding steroid dienone is 1. The average molecular weight is 310 g/mol. The van der Waals surface area contributed by atoms with Crippen molar-refractivity contribution in [1.29, 1.82) is 0 Å². The summed E-state index contributed by atoms with van der Waals surface area (Å²) in [4.78, 5) is 14.3. The monoisotopic (exact) mass is 310 g/mol. The molecule has 2 saturated heterocycles. The fourth-order valence-electron chi connectivity index (χ4n) is 3.30. The number of hydrogen-bond donors (Lipinski definition) is 1. The standard InChI is InChI=1S/C17H30N2O3/c1-4-5-6-8-14(2)18-16(20)19-10-7-9-15(13-19)17(3)21-11-12-22-17/h4,14-15H,1,5-13H2,2-3H3,(H,18,20)/t14-,15-/m0/s1. The van der Waals surface area contributed by atoms with Crippen molar-refractivity contribution in [2.75, 3.05) is 26.3 Å². The number of nitrogens with zero attached hydrogens (tertiary/aromatic N) is 1. The fraction of sp³-hybridized carbons (Fsp3) is 0.824. The Labute approximate surface area is 134 Å². The summed E-state index contributed by atoms with van der Waals surface area (Å²) in [5.41, 5.74) is 0. The number of rotatable bonds is 6. The van der Waals surface area contributed by atoms with Crippen molar-refractivity contribution in [3.8, 4) is 0 Å². The molecule has 2 atom stereocenters. The van der Waals surface area contributed by atoms with Crippen LogP contribution < -0.4 is 5.32 Å². The summed E-state index contributed by atoms with van der Waals surface area (Å²) < 4.78 is 11.5. The van der Waals surface area contributed by atoms with E-state index >= 15 is 0 Å². The molecule has 2 aliphatic heterocycles. The zero-order valence-electron chi connectivity index (χ0n) is 14.0. The van der Waals surface area contributed by atoms with E-state index in [0.29, 0.717) is 19.8 Å². The minimum Gasteiger partial charge on any atom is -0.347 e. The summed E-state index contributed by atoms with van der Waals surface area (Å²) in [5, 5.41) is 3.10.